The van der Waals surface area contributed by atoms with Crippen molar-refractivity contribution in [1.82, 2.24) is 41.7 Å². The highest BCUT2D eigenvalue weighted by Crippen LogP contribution is 2.23. The minimum absolute atomic E-state index is 0.0267. The Labute approximate surface area is 382 Å². The van der Waals surface area contributed by atoms with Gasteiger partial charge < -0.3 is 80.0 Å². The van der Waals surface area contributed by atoms with Crippen molar-refractivity contribution < 1.29 is 63.3 Å². The van der Waals surface area contributed by atoms with Gasteiger partial charge in [0.2, 0.25) is 53.2 Å². The van der Waals surface area contributed by atoms with Crippen LogP contribution in [-0.2, 0) is 47.9 Å². The highest BCUT2D eigenvalue weighted by molar-refractivity contribution is 5.99. The molecule has 2 aliphatic heterocycles. The summed E-state index contributed by atoms with van der Waals surface area (Å²) in [6, 6.07) is -11.9. The van der Waals surface area contributed by atoms with Crippen molar-refractivity contribution >= 4 is 65.1 Å². The van der Waals surface area contributed by atoms with Crippen LogP contribution < -0.4 is 54.8 Å². The van der Waals surface area contributed by atoms with E-state index >= 15 is 0 Å². The van der Waals surface area contributed by atoms with Crippen LogP contribution in [0.5, 0.6) is 0 Å². The molecule has 2 rings (SSSR count). The molecule has 2 saturated heterocycles. The molecule has 0 aliphatic carbocycles. The highest BCUT2D eigenvalue weighted by atomic mass is 16.4. The van der Waals surface area contributed by atoms with Gasteiger partial charge >= 0.3 is 5.97 Å². The van der Waals surface area contributed by atoms with Gasteiger partial charge in [-0.1, -0.05) is 27.7 Å². The van der Waals surface area contributed by atoms with Crippen LogP contribution in [0.2, 0.25) is 0 Å². The van der Waals surface area contributed by atoms with E-state index in [1.807, 2.05) is 13.8 Å². The summed E-state index contributed by atoms with van der Waals surface area (Å²) in [7, 11) is 0. The Hall–Kier alpha value is -6.15. The van der Waals surface area contributed by atoms with Gasteiger partial charge in [-0.05, 0) is 63.7 Å². The number of carbonyl (C=O) groups is 10. The molecule has 0 spiro atoms. The summed E-state index contributed by atoms with van der Waals surface area (Å²) in [5.41, 5.74) is 21.7. The van der Waals surface area contributed by atoms with Gasteiger partial charge in [-0.3, -0.25) is 48.1 Å². The van der Waals surface area contributed by atoms with E-state index in [4.69, 9.17) is 22.9 Å². The molecule has 2 aliphatic rings. The Morgan fingerprint density at radius 2 is 1.17 bits per heavy atom. The van der Waals surface area contributed by atoms with Gasteiger partial charge in [0, 0.05) is 19.6 Å². The minimum atomic E-state index is -1.75. The molecule has 0 aromatic heterocycles. The third-order valence-corrected chi connectivity index (χ3v) is 10.9. The zero-order valence-electron chi connectivity index (χ0n) is 38.1. The number of nitrogens with zero attached hydrogens (tertiary/aromatic N) is 3. The molecule has 0 saturated carbocycles. The number of aliphatic hydroxyl groups excluding tert-OH is 2. The number of amides is 9. The van der Waals surface area contributed by atoms with Crippen LogP contribution in [-0.4, -0.2) is 177 Å². The fraction of sp³-hybridized carbons (Fsp3) is 0.725. The summed E-state index contributed by atoms with van der Waals surface area (Å²) in [6.45, 7) is 6.81. The molecule has 9 atom stereocenters. The van der Waals surface area contributed by atoms with Crippen molar-refractivity contribution in [3.05, 3.63) is 0 Å². The van der Waals surface area contributed by atoms with E-state index in [2.05, 4.69) is 36.9 Å². The summed E-state index contributed by atoms with van der Waals surface area (Å²) in [6.07, 6.45) is 0.547. The number of carbonyl (C=O) groups excluding carboxylic acids is 9. The van der Waals surface area contributed by atoms with Gasteiger partial charge in [-0.15, -0.1) is 0 Å². The molecule has 66 heavy (non-hydrogen) atoms. The summed E-state index contributed by atoms with van der Waals surface area (Å²) >= 11 is 0. The third-order valence-electron chi connectivity index (χ3n) is 10.9. The Kier molecular flexibility index (Phi) is 22.7. The number of rotatable bonds is 26. The lowest BCUT2D eigenvalue weighted by atomic mass is 10.0. The van der Waals surface area contributed by atoms with E-state index < -0.39 is 139 Å². The first-order valence-corrected chi connectivity index (χ1v) is 21.9. The SMILES string of the molecule is CC(C)C[C@H](NC(=O)[C@@H]1CCCN1C(=O)[C@H](C)NC(=O)[C@@H](N)CO)C(=O)N1CCC[C@H]1C(=O)N[C@@H](CO)C(=O)N[C@@H](CC(N)=O)C(=O)N[C@@H](CCCN=C(N)N)C(=O)N[C@H](C(=O)O)C(C)C. The molecule has 0 aromatic rings. The van der Waals surface area contributed by atoms with E-state index in [1.165, 1.54) is 16.7 Å². The maximum Gasteiger partial charge on any atom is 0.326 e. The van der Waals surface area contributed by atoms with Crippen LogP contribution >= 0.6 is 0 Å². The predicted octanol–water partition coefficient (Wildman–Crippen LogP) is -6.08. The van der Waals surface area contributed by atoms with E-state index in [0.717, 1.165) is 0 Å². The fourth-order valence-electron chi connectivity index (χ4n) is 7.44. The number of carboxylic acid groups (broad SMARTS) is 1. The highest BCUT2D eigenvalue weighted by Gasteiger charge is 2.42. The number of hydrogen-bond acceptors (Lipinski definition) is 14. The van der Waals surface area contributed by atoms with Crippen LogP contribution in [0.3, 0.4) is 0 Å². The molecule has 26 heteroatoms. The molecule has 17 N–H and O–H groups in total. The number of aliphatic carboxylic acids is 1. The fourth-order valence-corrected chi connectivity index (χ4v) is 7.44. The van der Waals surface area contributed by atoms with E-state index in [9.17, 15) is 63.3 Å². The van der Waals surface area contributed by atoms with E-state index in [0.29, 0.717) is 12.8 Å². The molecular weight excluding hydrogens is 871 g/mol. The van der Waals surface area contributed by atoms with Crippen LogP contribution in [0.25, 0.3) is 0 Å². The number of aliphatic imine (C=N–C) groups is 1. The molecule has 26 nitrogen and oxygen atoms in total. The van der Waals surface area contributed by atoms with Gasteiger partial charge in [0.15, 0.2) is 5.96 Å². The van der Waals surface area contributed by atoms with Crippen molar-refractivity contribution in [2.75, 3.05) is 32.8 Å². The zero-order chi connectivity index (χ0) is 50.0. The Bertz CT molecular complexity index is 1790. The normalized spacial score (nSPS) is 19.0. The Morgan fingerprint density at radius 1 is 0.652 bits per heavy atom. The van der Waals surface area contributed by atoms with Crippen LogP contribution in [0.15, 0.2) is 4.99 Å². The molecule has 0 bridgehead atoms. The second-order valence-electron chi connectivity index (χ2n) is 17.1. The third kappa shape index (κ3) is 17.0. The quantitative estimate of drug-likeness (QED) is 0.0218. The summed E-state index contributed by atoms with van der Waals surface area (Å²) < 4.78 is 0. The van der Waals surface area contributed by atoms with Gasteiger partial charge in [0.05, 0.1) is 19.6 Å². The number of hydrogen-bond donors (Lipinski definition) is 13. The Balaban J connectivity index is 2.24. The lowest BCUT2D eigenvalue weighted by Crippen LogP contribution is -2.61. The molecule has 2 heterocycles. The molecule has 9 amide bonds. The lowest BCUT2D eigenvalue weighted by molar-refractivity contribution is -0.145. The minimum Gasteiger partial charge on any atom is -0.480 e. The molecule has 0 aromatic carbocycles. The predicted molar refractivity (Wildman–Crippen MR) is 235 cm³/mol. The largest absolute Gasteiger partial charge is 0.480 e. The number of primary amides is 1. The van der Waals surface area contributed by atoms with E-state index in [-0.39, 0.29) is 63.6 Å². The van der Waals surface area contributed by atoms with Crippen molar-refractivity contribution in [1.29, 1.82) is 0 Å². The smallest absolute Gasteiger partial charge is 0.326 e. The monoisotopic (exact) mass is 940 g/mol. The number of nitrogens with one attached hydrogen (secondary N) is 6. The van der Waals surface area contributed by atoms with Gasteiger partial charge in [0.25, 0.3) is 0 Å². The number of aliphatic hydroxyl groups is 2. The van der Waals surface area contributed by atoms with Crippen LogP contribution in [0, 0.1) is 11.8 Å². The lowest BCUT2D eigenvalue weighted by Gasteiger charge is -2.32. The molecule has 2 fully saturated rings. The second kappa shape index (κ2) is 26.7. The van der Waals surface area contributed by atoms with Gasteiger partial charge in [-0.2, -0.15) is 0 Å². The summed E-state index contributed by atoms with van der Waals surface area (Å²) in [5.74, 6) is -9.90. The zero-order valence-corrected chi connectivity index (χ0v) is 38.1. The average Bonchev–Trinajstić information content (AvgIpc) is 3.95. The van der Waals surface area contributed by atoms with Crippen molar-refractivity contribution in [3.63, 3.8) is 0 Å². The van der Waals surface area contributed by atoms with Crippen molar-refractivity contribution in [2.45, 2.75) is 140 Å². The average molecular weight is 940 g/mol. The summed E-state index contributed by atoms with van der Waals surface area (Å²) in [5, 5.41) is 43.6. The summed E-state index contributed by atoms with van der Waals surface area (Å²) in [4.78, 5) is 138. The first kappa shape index (κ1) is 56.0. The topological polar surface area (TPSA) is 426 Å². The number of nitrogens with two attached hydrogens (primary N) is 4. The Morgan fingerprint density at radius 3 is 1.65 bits per heavy atom. The van der Waals surface area contributed by atoms with Crippen LogP contribution in [0.4, 0.5) is 0 Å². The van der Waals surface area contributed by atoms with Crippen LogP contribution in [0.1, 0.15) is 86.0 Å². The van der Waals surface area contributed by atoms with Gasteiger partial charge in [-0.25, -0.2) is 4.79 Å². The maximum atomic E-state index is 14.1. The standard InChI is InChI=1S/C40H69N13O13/c1-19(2)15-25(49-35(61)27-10-7-13-52(27)37(63)21(5)46-31(57)22(41)17-54)38(64)53-14-8-11-28(53)36(62)50-26(18-55)34(60)48-24(16-29(42)56)33(59)47-23(9-6-12-45-40(43)44)32(58)51-30(20(3)4)39(65)66/h19-28,30,54-55H,6-18,41H2,1-5H3,(H2,42,56)(H,46,57)(H,47,59)(H,48,60)(H,49,61)(H,50,62)(H,51,58)(H,65,66)(H4,43,44,45)/t21-,22-,23-,24-,25-,26-,27-,28-,30-/m0/s1. The van der Waals surface area contributed by atoms with E-state index in [1.54, 1.807) is 13.8 Å². The first-order chi connectivity index (χ1) is 30.9. The second-order valence-corrected chi connectivity index (χ2v) is 17.1. The molecule has 0 radical (unpaired) electrons. The van der Waals surface area contributed by atoms with Crippen molar-refractivity contribution in [2.24, 2.45) is 39.8 Å². The molecule has 372 valence electrons. The number of guanidine groups is 1. The number of carboxylic acids is 1. The molecular formula is C40H69N13O13. The molecule has 0 unspecified atom stereocenters. The number of likely N-dealkylation sites (tertiary alicyclic amines) is 2. The maximum absolute atomic E-state index is 14.1. The van der Waals surface area contributed by atoms with Gasteiger partial charge in [0.1, 0.15) is 54.4 Å². The van der Waals surface area contributed by atoms with Crippen molar-refractivity contribution in [3.8, 4) is 0 Å². The first-order valence-electron chi connectivity index (χ1n) is 21.9.